The van der Waals surface area contributed by atoms with Crippen LogP contribution < -0.4 is 5.69 Å². The van der Waals surface area contributed by atoms with Crippen molar-refractivity contribution >= 4 is 5.97 Å². The predicted molar refractivity (Wildman–Crippen MR) is 78.0 cm³/mol. The van der Waals surface area contributed by atoms with Crippen LogP contribution in [0.4, 0.5) is 0 Å². The molecule has 0 radical (unpaired) electrons. The Morgan fingerprint density at radius 1 is 1.38 bits per heavy atom. The van der Waals surface area contributed by atoms with E-state index in [1.807, 2.05) is 13.8 Å². The zero-order valence-corrected chi connectivity index (χ0v) is 12.8. The molecule has 2 heterocycles. The van der Waals surface area contributed by atoms with Gasteiger partial charge in [0.2, 0.25) is 0 Å². The second-order valence-electron chi connectivity index (χ2n) is 5.42. The van der Waals surface area contributed by atoms with Gasteiger partial charge in [-0.05, 0) is 45.7 Å². The van der Waals surface area contributed by atoms with E-state index in [1.165, 1.54) is 0 Å². The number of esters is 1. The summed E-state index contributed by atoms with van der Waals surface area (Å²) in [5.74, 6) is 1.21. The molecule has 7 heteroatoms. The first-order valence-electron chi connectivity index (χ1n) is 7.66. The van der Waals surface area contributed by atoms with E-state index in [0.29, 0.717) is 25.6 Å². The maximum Gasteiger partial charge on any atom is 0.343 e. The van der Waals surface area contributed by atoms with E-state index < -0.39 is 0 Å². The summed E-state index contributed by atoms with van der Waals surface area (Å²) in [6.45, 7) is 7.01. The lowest BCUT2D eigenvalue weighted by molar-refractivity contribution is -0.144. The van der Waals surface area contributed by atoms with Gasteiger partial charge in [-0.2, -0.15) is 5.10 Å². The van der Waals surface area contributed by atoms with Crippen LogP contribution in [0.1, 0.15) is 32.5 Å². The molecule has 1 aromatic heterocycles. The summed E-state index contributed by atoms with van der Waals surface area (Å²) >= 11 is 0. The highest BCUT2D eigenvalue weighted by Gasteiger charge is 2.23. The van der Waals surface area contributed by atoms with Crippen LogP contribution in [-0.2, 0) is 22.5 Å². The van der Waals surface area contributed by atoms with E-state index in [-0.39, 0.29) is 11.7 Å². The second kappa shape index (κ2) is 7.40. The van der Waals surface area contributed by atoms with Crippen LogP contribution in [0, 0.1) is 5.92 Å². The van der Waals surface area contributed by atoms with E-state index in [0.717, 1.165) is 38.2 Å². The molecule has 21 heavy (non-hydrogen) atoms. The molecule has 1 N–H and O–H groups in total. The molecule has 118 valence electrons. The lowest BCUT2D eigenvalue weighted by Crippen LogP contribution is -2.38. The molecule has 1 aliphatic heterocycles. The number of rotatable bonds is 6. The first-order chi connectivity index (χ1) is 10.1. The standard InChI is InChI=1S/C14H24N4O3/c1-3-18-12(15-16-14(18)20)9-11-5-7-17(8-6-11)10-13(19)21-4-2/h11H,3-10H2,1-2H3,(H,16,20). The number of nitrogens with one attached hydrogen (secondary N) is 1. The third kappa shape index (κ3) is 4.17. The Labute approximate surface area is 124 Å². The Bertz CT molecular complexity index is 515. The maximum absolute atomic E-state index is 11.5. The van der Waals surface area contributed by atoms with Gasteiger partial charge in [-0.1, -0.05) is 0 Å². The smallest absolute Gasteiger partial charge is 0.343 e. The van der Waals surface area contributed by atoms with Crippen molar-refractivity contribution in [3.8, 4) is 0 Å². The fourth-order valence-electron chi connectivity index (χ4n) is 2.83. The number of aromatic nitrogens is 3. The van der Waals surface area contributed by atoms with Gasteiger partial charge in [0, 0.05) is 13.0 Å². The highest BCUT2D eigenvalue weighted by molar-refractivity contribution is 5.71. The molecular formula is C14H24N4O3. The number of likely N-dealkylation sites (tertiary alicyclic amines) is 1. The van der Waals surface area contributed by atoms with Gasteiger partial charge in [0.05, 0.1) is 13.2 Å². The molecule has 2 rings (SSSR count). The third-order valence-electron chi connectivity index (χ3n) is 3.99. The SMILES string of the molecule is CCOC(=O)CN1CCC(Cc2n[nH]c(=O)n2CC)CC1. The van der Waals surface area contributed by atoms with Crippen molar-refractivity contribution < 1.29 is 9.53 Å². The summed E-state index contributed by atoms with van der Waals surface area (Å²) in [7, 11) is 0. The van der Waals surface area contributed by atoms with Gasteiger partial charge < -0.3 is 4.74 Å². The van der Waals surface area contributed by atoms with Gasteiger partial charge in [0.15, 0.2) is 0 Å². The first kappa shape index (κ1) is 15.8. The Kier molecular flexibility index (Phi) is 5.55. The first-order valence-corrected chi connectivity index (χ1v) is 7.66. The van der Waals surface area contributed by atoms with Gasteiger partial charge in [-0.15, -0.1) is 0 Å². The molecule has 1 saturated heterocycles. The molecular weight excluding hydrogens is 272 g/mol. The summed E-state index contributed by atoms with van der Waals surface area (Å²) in [6, 6.07) is 0. The second-order valence-corrected chi connectivity index (χ2v) is 5.42. The number of hydrogen-bond acceptors (Lipinski definition) is 5. The van der Waals surface area contributed by atoms with Crippen molar-refractivity contribution in [2.24, 2.45) is 5.92 Å². The molecule has 0 bridgehead atoms. The lowest BCUT2D eigenvalue weighted by Gasteiger charge is -2.30. The van der Waals surface area contributed by atoms with Crippen LogP contribution in [0.15, 0.2) is 4.79 Å². The minimum atomic E-state index is -0.150. The van der Waals surface area contributed by atoms with Crippen LogP contribution in [0.3, 0.4) is 0 Å². The summed E-state index contributed by atoms with van der Waals surface area (Å²) < 4.78 is 6.65. The van der Waals surface area contributed by atoms with Crippen molar-refractivity contribution in [3.05, 3.63) is 16.3 Å². The maximum atomic E-state index is 11.5. The molecule has 0 aliphatic carbocycles. The zero-order valence-electron chi connectivity index (χ0n) is 12.8. The minimum absolute atomic E-state index is 0.132. The van der Waals surface area contributed by atoms with Gasteiger partial charge in [-0.3, -0.25) is 14.3 Å². The largest absolute Gasteiger partial charge is 0.465 e. The molecule has 0 atom stereocenters. The van der Waals surface area contributed by atoms with E-state index in [1.54, 1.807) is 4.57 Å². The summed E-state index contributed by atoms with van der Waals surface area (Å²) in [4.78, 5) is 25.1. The van der Waals surface area contributed by atoms with Gasteiger partial charge in [0.25, 0.3) is 0 Å². The Balaban J connectivity index is 1.81. The number of carbonyl (C=O) groups is 1. The van der Waals surface area contributed by atoms with E-state index in [2.05, 4.69) is 15.1 Å². The molecule has 0 amide bonds. The Hall–Kier alpha value is -1.63. The molecule has 1 aromatic rings. The van der Waals surface area contributed by atoms with Crippen molar-refractivity contribution in [1.29, 1.82) is 0 Å². The number of carbonyl (C=O) groups excluding carboxylic acids is 1. The fourth-order valence-corrected chi connectivity index (χ4v) is 2.83. The molecule has 1 fully saturated rings. The number of nitrogens with zero attached hydrogens (tertiary/aromatic N) is 3. The van der Waals surface area contributed by atoms with Gasteiger partial charge in [-0.25, -0.2) is 9.89 Å². The third-order valence-corrected chi connectivity index (χ3v) is 3.99. The molecule has 0 aromatic carbocycles. The average Bonchev–Trinajstić information content (AvgIpc) is 2.81. The lowest BCUT2D eigenvalue weighted by atomic mass is 9.93. The number of ether oxygens (including phenoxy) is 1. The molecule has 7 nitrogen and oxygen atoms in total. The minimum Gasteiger partial charge on any atom is -0.465 e. The van der Waals surface area contributed by atoms with Crippen molar-refractivity contribution in [1.82, 2.24) is 19.7 Å². The van der Waals surface area contributed by atoms with E-state index >= 15 is 0 Å². The van der Waals surface area contributed by atoms with Gasteiger partial charge in [0.1, 0.15) is 5.82 Å². The molecule has 1 aliphatic rings. The number of piperidine rings is 1. The topological polar surface area (TPSA) is 80.2 Å². The summed E-state index contributed by atoms with van der Waals surface area (Å²) in [6.07, 6.45) is 2.86. The zero-order chi connectivity index (χ0) is 15.2. The Morgan fingerprint density at radius 3 is 2.71 bits per heavy atom. The van der Waals surface area contributed by atoms with E-state index in [4.69, 9.17) is 4.74 Å². The number of hydrogen-bond donors (Lipinski definition) is 1. The molecule has 0 saturated carbocycles. The van der Waals surface area contributed by atoms with Crippen LogP contribution >= 0.6 is 0 Å². The van der Waals surface area contributed by atoms with Crippen molar-refractivity contribution in [2.75, 3.05) is 26.2 Å². The monoisotopic (exact) mass is 296 g/mol. The predicted octanol–water partition coefficient (Wildman–Crippen LogP) is 0.409. The number of H-pyrrole nitrogens is 1. The Morgan fingerprint density at radius 2 is 2.10 bits per heavy atom. The van der Waals surface area contributed by atoms with Crippen LogP contribution in [0.5, 0.6) is 0 Å². The van der Waals surface area contributed by atoms with Crippen LogP contribution in [0.2, 0.25) is 0 Å². The normalized spacial score (nSPS) is 17.0. The van der Waals surface area contributed by atoms with Crippen LogP contribution in [0.25, 0.3) is 0 Å². The number of aromatic amines is 1. The van der Waals surface area contributed by atoms with E-state index in [9.17, 15) is 9.59 Å². The highest BCUT2D eigenvalue weighted by Crippen LogP contribution is 2.20. The van der Waals surface area contributed by atoms with Gasteiger partial charge >= 0.3 is 11.7 Å². The average molecular weight is 296 g/mol. The van der Waals surface area contributed by atoms with Crippen molar-refractivity contribution in [3.63, 3.8) is 0 Å². The quantitative estimate of drug-likeness (QED) is 0.769. The van der Waals surface area contributed by atoms with Crippen LogP contribution in [-0.4, -0.2) is 51.9 Å². The summed E-state index contributed by atoms with van der Waals surface area (Å²) in [5, 5.41) is 6.62. The summed E-state index contributed by atoms with van der Waals surface area (Å²) in [5.41, 5.74) is -0.132. The highest BCUT2D eigenvalue weighted by atomic mass is 16.5. The molecule has 0 spiro atoms. The molecule has 0 unspecified atom stereocenters. The van der Waals surface area contributed by atoms with Crippen molar-refractivity contribution in [2.45, 2.75) is 39.7 Å². The fraction of sp³-hybridized carbons (Fsp3) is 0.786.